The molecule has 124 valence electrons. The highest BCUT2D eigenvalue weighted by atomic mass is 35.5. The van der Waals surface area contributed by atoms with Gasteiger partial charge in [-0.3, -0.25) is 4.90 Å². The van der Waals surface area contributed by atoms with Crippen LogP contribution in [0.2, 0.25) is 10.0 Å². The Morgan fingerprint density at radius 1 is 1.14 bits per heavy atom. The van der Waals surface area contributed by atoms with Gasteiger partial charge in [-0.25, -0.2) is 4.39 Å². The molecule has 0 radical (unpaired) electrons. The van der Waals surface area contributed by atoms with Crippen LogP contribution in [0.4, 0.5) is 17.6 Å². The molecule has 1 aromatic carbocycles. The van der Waals surface area contributed by atoms with Gasteiger partial charge in [-0.15, -0.1) is 0 Å². The van der Waals surface area contributed by atoms with Crippen molar-refractivity contribution in [2.45, 2.75) is 25.1 Å². The van der Waals surface area contributed by atoms with E-state index in [0.717, 1.165) is 0 Å². The minimum absolute atomic E-state index is 0.0558. The number of nitrogens with one attached hydrogen (secondary N) is 1. The number of halogens is 6. The molecule has 0 bridgehead atoms. The molecule has 0 unspecified atom stereocenters. The molecule has 1 aliphatic heterocycles. The molecule has 0 spiro atoms. The maximum absolute atomic E-state index is 14.3. The van der Waals surface area contributed by atoms with Gasteiger partial charge in [-0.2, -0.15) is 13.2 Å². The summed E-state index contributed by atoms with van der Waals surface area (Å²) in [7, 11) is 0. The predicted octanol–water partition coefficient (Wildman–Crippen LogP) is 4.42. The fraction of sp³-hybridized carbons (Fsp3) is 0.571. The zero-order valence-electron chi connectivity index (χ0n) is 11.7. The van der Waals surface area contributed by atoms with Crippen molar-refractivity contribution in [1.82, 2.24) is 10.2 Å². The van der Waals surface area contributed by atoms with Crippen LogP contribution in [0.5, 0.6) is 0 Å². The third kappa shape index (κ3) is 4.47. The molecule has 2 rings (SSSR count). The van der Waals surface area contributed by atoms with Crippen LogP contribution in [0.15, 0.2) is 12.1 Å². The lowest BCUT2D eigenvalue weighted by Gasteiger charge is -2.36. The molecule has 0 saturated carbocycles. The standard InChI is InChI=1S/C14H16Cl2F4N2/c15-9-1-2-10(16)13(17)12(9)11(3-4-14(18,19)20)22-7-5-21-6-8-22/h1-2,11,21H,3-8H2/t11-/m0/s1. The van der Waals surface area contributed by atoms with Crippen LogP contribution < -0.4 is 5.32 Å². The Labute approximate surface area is 136 Å². The minimum atomic E-state index is -4.30. The van der Waals surface area contributed by atoms with Crippen LogP contribution in [-0.2, 0) is 0 Å². The lowest BCUT2D eigenvalue weighted by Crippen LogP contribution is -2.45. The number of hydrogen-bond acceptors (Lipinski definition) is 2. The minimum Gasteiger partial charge on any atom is -0.314 e. The highest BCUT2D eigenvalue weighted by Crippen LogP contribution is 2.38. The van der Waals surface area contributed by atoms with E-state index in [-0.39, 0.29) is 22.0 Å². The Bertz CT molecular complexity index is 516. The van der Waals surface area contributed by atoms with Crippen molar-refractivity contribution in [3.63, 3.8) is 0 Å². The normalized spacial score (nSPS) is 18.5. The lowest BCUT2D eigenvalue weighted by molar-refractivity contribution is -0.138. The second kappa shape index (κ2) is 7.34. The number of piperazine rings is 1. The first kappa shape index (κ1) is 17.8. The second-order valence-electron chi connectivity index (χ2n) is 5.21. The molecule has 0 aliphatic carbocycles. The zero-order valence-corrected chi connectivity index (χ0v) is 13.2. The molecule has 1 heterocycles. The van der Waals surface area contributed by atoms with E-state index in [4.69, 9.17) is 23.2 Å². The van der Waals surface area contributed by atoms with Crippen molar-refractivity contribution < 1.29 is 17.6 Å². The van der Waals surface area contributed by atoms with E-state index in [1.54, 1.807) is 0 Å². The highest BCUT2D eigenvalue weighted by Gasteiger charge is 2.33. The third-order valence-electron chi connectivity index (χ3n) is 3.71. The topological polar surface area (TPSA) is 15.3 Å². The summed E-state index contributed by atoms with van der Waals surface area (Å²) in [4.78, 5) is 1.82. The van der Waals surface area contributed by atoms with Gasteiger partial charge in [0.15, 0.2) is 0 Å². The third-order valence-corrected chi connectivity index (χ3v) is 4.33. The van der Waals surface area contributed by atoms with Crippen LogP contribution in [0.3, 0.4) is 0 Å². The van der Waals surface area contributed by atoms with Crippen LogP contribution in [0.1, 0.15) is 24.4 Å². The van der Waals surface area contributed by atoms with E-state index in [0.29, 0.717) is 26.2 Å². The first-order valence-electron chi connectivity index (χ1n) is 6.94. The molecule has 22 heavy (non-hydrogen) atoms. The summed E-state index contributed by atoms with van der Waals surface area (Å²) in [6.45, 7) is 2.35. The molecule has 1 N–H and O–H groups in total. The first-order chi connectivity index (χ1) is 10.3. The van der Waals surface area contributed by atoms with Crippen molar-refractivity contribution in [1.29, 1.82) is 0 Å². The molecule has 1 fully saturated rings. The number of benzene rings is 1. The average molecular weight is 359 g/mol. The fourth-order valence-electron chi connectivity index (χ4n) is 2.65. The van der Waals surface area contributed by atoms with Crippen molar-refractivity contribution >= 4 is 23.2 Å². The van der Waals surface area contributed by atoms with Gasteiger partial charge in [0.2, 0.25) is 0 Å². The molecular weight excluding hydrogens is 343 g/mol. The van der Waals surface area contributed by atoms with E-state index in [1.165, 1.54) is 12.1 Å². The Hall–Kier alpha value is -0.560. The molecule has 1 aliphatic rings. The summed E-state index contributed by atoms with van der Waals surface area (Å²) in [5, 5.41) is 3.09. The summed E-state index contributed by atoms with van der Waals surface area (Å²) in [5.74, 6) is -0.736. The summed E-state index contributed by atoms with van der Waals surface area (Å²) in [6.07, 6.45) is -5.54. The van der Waals surface area contributed by atoms with Crippen molar-refractivity contribution in [2.24, 2.45) is 0 Å². The molecule has 1 aromatic rings. The fourth-order valence-corrected chi connectivity index (χ4v) is 3.09. The van der Waals surface area contributed by atoms with Gasteiger partial charge in [0.05, 0.1) is 5.02 Å². The Balaban J connectivity index is 2.32. The number of alkyl halides is 3. The molecule has 8 heteroatoms. The van der Waals surface area contributed by atoms with E-state index < -0.39 is 24.5 Å². The van der Waals surface area contributed by atoms with Crippen LogP contribution in [0.25, 0.3) is 0 Å². The van der Waals surface area contributed by atoms with E-state index in [9.17, 15) is 17.6 Å². The van der Waals surface area contributed by atoms with Gasteiger partial charge in [0, 0.05) is 49.2 Å². The van der Waals surface area contributed by atoms with Crippen molar-refractivity contribution in [2.75, 3.05) is 26.2 Å². The maximum Gasteiger partial charge on any atom is 0.389 e. The Morgan fingerprint density at radius 2 is 1.73 bits per heavy atom. The Morgan fingerprint density at radius 3 is 2.32 bits per heavy atom. The highest BCUT2D eigenvalue weighted by molar-refractivity contribution is 6.33. The van der Waals surface area contributed by atoms with E-state index in [1.807, 2.05) is 4.90 Å². The van der Waals surface area contributed by atoms with Gasteiger partial charge < -0.3 is 5.32 Å². The average Bonchev–Trinajstić information content (AvgIpc) is 2.46. The maximum atomic E-state index is 14.3. The van der Waals surface area contributed by atoms with Crippen molar-refractivity contribution in [3.8, 4) is 0 Å². The van der Waals surface area contributed by atoms with Gasteiger partial charge in [0.25, 0.3) is 0 Å². The lowest BCUT2D eigenvalue weighted by atomic mass is 9.98. The number of hydrogen-bond donors (Lipinski definition) is 1. The predicted molar refractivity (Wildman–Crippen MR) is 78.9 cm³/mol. The monoisotopic (exact) mass is 358 g/mol. The molecule has 0 amide bonds. The number of rotatable bonds is 4. The number of nitrogens with zero attached hydrogens (tertiary/aromatic N) is 1. The van der Waals surface area contributed by atoms with Crippen LogP contribution in [0, 0.1) is 5.82 Å². The van der Waals surface area contributed by atoms with Gasteiger partial charge in [-0.1, -0.05) is 23.2 Å². The molecule has 0 aromatic heterocycles. The van der Waals surface area contributed by atoms with Gasteiger partial charge >= 0.3 is 6.18 Å². The van der Waals surface area contributed by atoms with Gasteiger partial charge in [-0.05, 0) is 18.6 Å². The molecular formula is C14H16Cl2F4N2. The molecule has 2 nitrogen and oxygen atoms in total. The van der Waals surface area contributed by atoms with E-state index >= 15 is 0 Å². The quantitative estimate of drug-likeness (QED) is 0.632. The first-order valence-corrected chi connectivity index (χ1v) is 7.70. The van der Waals surface area contributed by atoms with E-state index in [2.05, 4.69) is 5.32 Å². The zero-order chi connectivity index (χ0) is 16.3. The van der Waals surface area contributed by atoms with Crippen LogP contribution in [-0.4, -0.2) is 37.3 Å². The summed E-state index contributed by atoms with van der Waals surface area (Å²) in [6, 6.07) is 1.99. The second-order valence-corrected chi connectivity index (χ2v) is 6.03. The van der Waals surface area contributed by atoms with Crippen LogP contribution >= 0.6 is 23.2 Å². The SMILES string of the molecule is Fc1c(Cl)ccc(Cl)c1[C@H](CCC(F)(F)F)N1CCNCC1. The summed E-state index contributed by atoms with van der Waals surface area (Å²) >= 11 is 11.8. The summed E-state index contributed by atoms with van der Waals surface area (Å²) in [5.41, 5.74) is 0.0558. The van der Waals surface area contributed by atoms with Crippen molar-refractivity contribution in [3.05, 3.63) is 33.6 Å². The largest absolute Gasteiger partial charge is 0.389 e. The van der Waals surface area contributed by atoms with Gasteiger partial charge in [0.1, 0.15) is 5.82 Å². The summed E-state index contributed by atoms with van der Waals surface area (Å²) < 4.78 is 52.1. The Kier molecular flexibility index (Phi) is 5.94. The smallest absolute Gasteiger partial charge is 0.314 e. The molecule has 1 saturated heterocycles. The molecule has 1 atom stereocenters.